The van der Waals surface area contributed by atoms with Crippen LogP contribution in [0.4, 0.5) is 0 Å². The van der Waals surface area contributed by atoms with Crippen molar-refractivity contribution in [1.82, 2.24) is 9.47 Å². The fraction of sp³-hybridized carbons (Fsp3) is 0.227. The molecule has 0 saturated carbocycles. The van der Waals surface area contributed by atoms with Crippen LogP contribution < -0.4 is 9.47 Å². The first-order chi connectivity index (χ1) is 13.1. The molecule has 0 fully saturated rings. The largest absolute Gasteiger partial charge is 0.496 e. The van der Waals surface area contributed by atoms with Crippen LogP contribution in [0.15, 0.2) is 48.7 Å². The van der Waals surface area contributed by atoms with Gasteiger partial charge in [-0.25, -0.2) is 0 Å². The summed E-state index contributed by atoms with van der Waals surface area (Å²) in [6.07, 6.45) is 0. The molecule has 3 aromatic rings. The summed E-state index contributed by atoms with van der Waals surface area (Å²) in [7, 11) is 3.75. The van der Waals surface area contributed by atoms with Crippen molar-refractivity contribution in [2.24, 2.45) is 0 Å². The molecule has 0 bridgehead atoms. The van der Waals surface area contributed by atoms with E-state index in [1.807, 2.05) is 12.1 Å². The van der Waals surface area contributed by atoms with Gasteiger partial charge in [0.25, 0.3) is 0 Å². The molecule has 3 heterocycles. The lowest BCUT2D eigenvalue weighted by Crippen LogP contribution is -2.30. The van der Waals surface area contributed by atoms with Crippen molar-refractivity contribution in [2.75, 3.05) is 20.7 Å². The van der Waals surface area contributed by atoms with Gasteiger partial charge < -0.3 is 14.0 Å². The Morgan fingerprint density at radius 2 is 1.89 bits per heavy atom. The molecular weight excluding hydrogens is 340 g/mol. The molecule has 1 aromatic heterocycles. The third-order valence-corrected chi connectivity index (χ3v) is 5.52. The number of para-hydroxylation sites is 1. The van der Waals surface area contributed by atoms with Gasteiger partial charge in [-0.2, -0.15) is 0 Å². The van der Waals surface area contributed by atoms with Crippen LogP contribution in [0.5, 0.6) is 11.5 Å². The standard InChI is InChI=1S/C22H20N2O3/c1-13-22(25)21-18(27-13)9-8-17(26-3)20(21)19-14-6-4-5-7-15(14)24-11-10-23(2)12-16(19)24/h4-9H,1,10-12H2,2-3H3. The van der Waals surface area contributed by atoms with Gasteiger partial charge in [0.05, 0.1) is 12.7 Å². The number of benzene rings is 2. The van der Waals surface area contributed by atoms with E-state index in [2.05, 4.69) is 41.3 Å². The minimum Gasteiger partial charge on any atom is -0.496 e. The summed E-state index contributed by atoms with van der Waals surface area (Å²) in [5, 5.41) is 1.12. The maximum absolute atomic E-state index is 12.9. The van der Waals surface area contributed by atoms with E-state index >= 15 is 0 Å². The number of Topliss-reactive ketones (excluding diaryl/α,β-unsaturated/α-hetero) is 1. The number of ether oxygens (including phenoxy) is 2. The Balaban J connectivity index is 1.92. The SMILES string of the molecule is C=C1Oc2ccc(OC)c(-c3c4n(c5ccccc35)CCN(C)C4)c2C1=O. The minimum atomic E-state index is -0.174. The Kier molecular flexibility index (Phi) is 3.42. The molecule has 0 amide bonds. The highest BCUT2D eigenvalue weighted by atomic mass is 16.5. The Morgan fingerprint density at radius 3 is 2.70 bits per heavy atom. The Morgan fingerprint density at radius 1 is 1.07 bits per heavy atom. The normalized spacial score (nSPS) is 16.4. The average molecular weight is 360 g/mol. The summed E-state index contributed by atoms with van der Waals surface area (Å²) in [5.41, 5.74) is 4.78. The van der Waals surface area contributed by atoms with Crippen LogP contribution in [-0.4, -0.2) is 36.0 Å². The van der Waals surface area contributed by atoms with Crippen molar-refractivity contribution in [3.63, 3.8) is 0 Å². The second kappa shape index (κ2) is 5.72. The average Bonchev–Trinajstić information content (AvgIpc) is 3.15. The molecule has 5 heteroatoms. The van der Waals surface area contributed by atoms with Crippen LogP contribution in [0.25, 0.3) is 22.0 Å². The van der Waals surface area contributed by atoms with Crippen LogP contribution in [0, 0.1) is 0 Å². The predicted molar refractivity (Wildman–Crippen MR) is 104 cm³/mol. The number of likely N-dealkylation sites (N-methyl/N-ethyl adjacent to an activating group) is 1. The first kappa shape index (κ1) is 16.1. The number of carbonyl (C=O) groups excluding carboxylic acids is 1. The predicted octanol–water partition coefficient (Wildman–Crippen LogP) is 3.85. The molecule has 2 aliphatic heterocycles. The van der Waals surface area contributed by atoms with Gasteiger partial charge in [0, 0.05) is 47.4 Å². The second-order valence-corrected chi connectivity index (χ2v) is 7.10. The lowest BCUT2D eigenvalue weighted by Gasteiger charge is -2.26. The molecular formula is C22H20N2O3. The van der Waals surface area contributed by atoms with E-state index in [4.69, 9.17) is 9.47 Å². The number of fused-ring (bicyclic) bond motifs is 4. The topological polar surface area (TPSA) is 43.7 Å². The summed E-state index contributed by atoms with van der Waals surface area (Å²) >= 11 is 0. The molecule has 2 aliphatic rings. The third kappa shape index (κ3) is 2.18. The van der Waals surface area contributed by atoms with Crippen LogP contribution >= 0.6 is 0 Å². The molecule has 27 heavy (non-hydrogen) atoms. The Bertz CT molecular complexity index is 1130. The molecule has 0 N–H and O–H groups in total. The van der Waals surface area contributed by atoms with Crippen molar-refractivity contribution in [3.05, 3.63) is 60.0 Å². The van der Waals surface area contributed by atoms with E-state index in [0.29, 0.717) is 17.1 Å². The first-order valence-electron chi connectivity index (χ1n) is 9.01. The summed E-state index contributed by atoms with van der Waals surface area (Å²) in [6, 6.07) is 12.0. The number of hydrogen-bond donors (Lipinski definition) is 0. The molecule has 2 aromatic carbocycles. The maximum Gasteiger partial charge on any atom is 0.232 e. The van der Waals surface area contributed by atoms with Crippen LogP contribution in [0.3, 0.4) is 0 Å². The lowest BCUT2D eigenvalue weighted by molar-refractivity contribution is 0.101. The summed E-state index contributed by atoms with van der Waals surface area (Å²) in [6.45, 7) is 6.49. The van der Waals surface area contributed by atoms with Gasteiger partial charge in [0.2, 0.25) is 5.78 Å². The van der Waals surface area contributed by atoms with Crippen LogP contribution in [0.1, 0.15) is 16.1 Å². The summed E-state index contributed by atoms with van der Waals surface area (Å²) in [4.78, 5) is 15.1. The van der Waals surface area contributed by atoms with Crippen LogP contribution in [0.2, 0.25) is 0 Å². The fourth-order valence-electron chi connectivity index (χ4n) is 4.27. The highest BCUT2D eigenvalue weighted by Crippen LogP contribution is 2.48. The zero-order chi connectivity index (χ0) is 18.7. The van der Waals surface area contributed by atoms with E-state index < -0.39 is 0 Å². The number of hydrogen-bond acceptors (Lipinski definition) is 4. The monoisotopic (exact) mass is 360 g/mol. The lowest BCUT2D eigenvalue weighted by atomic mass is 9.93. The zero-order valence-electron chi connectivity index (χ0n) is 15.4. The molecule has 136 valence electrons. The number of rotatable bonds is 2. The van der Waals surface area contributed by atoms with Crippen molar-refractivity contribution < 1.29 is 14.3 Å². The van der Waals surface area contributed by atoms with Gasteiger partial charge in [0.15, 0.2) is 5.76 Å². The van der Waals surface area contributed by atoms with Gasteiger partial charge in [-0.3, -0.25) is 9.69 Å². The van der Waals surface area contributed by atoms with Crippen molar-refractivity contribution >= 4 is 16.7 Å². The summed E-state index contributed by atoms with van der Waals surface area (Å²) < 4.78 is 13.7. The fourth-order valence-corrected chi connectivity index (χ4v) is 4.27. The van der Waals surface area contributed by atoms with Crippen LogP contribution in [-0.2, 0) is 13.1 Å². The molecule has 5 rings (SSSR count). The van der Waals surface area contributed by atoms with E-state index in [9.17, 15) is 4.79 Å². The molecule has 0 radical (unpaired) electrons. The zero-order valence-corrected chi connectivity index (χ0v) is 15.4. The van der Waals surface area contributed by atoms with E-state index in [1.54, 1.807) is 13.2 Å². The number of ketones is 1. The highest BCUT2D eigenvalue weighted by Gasteiger charge is 2.34. The smallest absolute Gasteiger partial charge is 0.232 e. The number of nitrogens with zero attached hydrogens (tertiary/aromatic N) is 2. The summed E-state index contributed by atoms with van der Waals surface area (Å²) in [5.74, 6) is 1.21. The number of carbonyl (C=O) groups is 1. The second-order valence-electron chi connectivity index (χ2n) is 7.10. The Hall–Kier alpha value is -3.05. The molecule has 0 saturated heterocycles. The van der Waals surface area contributed by atoms with E-state index in [0.717, 1.165) is 36.1 Å². The first-order valence-corrected chi connectivity index (χ1v) is 9.01. The van der Waals surface area contributed by atoms with Gasteiger partial charge in [-0.15, -0.1) is 0 Å². The van der Waals surface area contributed by atoms with Crippen molar-refractivity contribution in [3.8, 4) is 22.6 Å². The molecule has 0 aliphatic carbocycles. The quantitative estimate of drug-likeness (QED) is 0.651. The molecule has 0 unspecified atom stereocenters. The van der Waals surface area contributed by atoms with E-state index in [-0.39, 0.29) is 11.5 Å². The molecule has 0 atom stereocenters. The highest BCUT2D eigenvalue weighted by molar-refractivity contribution is 6.18. The van der Waals surface area contributed by atoms with Gasteiger partial charge in [-0.1, -0.05) is 24.8 Å². The number of aromatic nitrogens is 1. The van der Waals surface area contributed by atoms with Gasteiger partial charge in [0.1, 0.15) is 11.5 Å². The minimum absolute atomic E-state index is 0.161. The number of allylic oxidation sites excluding steroid dienone is 1. The number of methoxy groups -OCH3 is 1. The van der Waals surface area contributed by atoms with Crippen molar-refractivity contribution in [2.45, 2.75) is 13.1 Å². The van der Waals surface area contributed by atoms with Gasteiger partial charge >= 0.3 is 0 Å². The van der Waals surface area contributed by atoms with Gasteiger partial charge in [-0.05, 0) is 25.2 Å². The van der Waals surface area contributed by atoms with E-state index in [1.165, 1.54) is 11.2 Å². The third-order valence-electron chi connectivity index (χ3n) is 5.52. The Labute approximate surface area is 157 Å². The molecule has 5 nitrogen and oxygen atoms in total. The molecule has 0 spiro atoms. The van der Waals surface area contributed by atoms with Crippen molar-refractivity contribution in [1.29, 1.82) is 0 Å². The maximum atomic E-state index is 12.9.